The minimum absolute atomic E-state index is 0.0569. The molecule has 1 aliphatic rings. The number of nitrogens with zero attached hydrogens (tertiary/aromatic N) is 3. The average molecular weight is 349 g/mol. The molecule has 1 aromatic carbocycles. The SMILES string of the molecule is C=CCn1c(SCc2ccccc2)nnc1[C@H]1CCS(=O)(=O)C1. The Kier molecular flexibility index (Phi) is 4.87. The van der Waals surface area contributed by atoms with Crippen LogP contribution in [0.15, 0.2) is 48.1 Å². The van der Waals surface area contributed by atoms with Crippen LogP contribution in [0.1, 0.15) is 23.7 Å². The van der Waals surface area contributed by atoms with E-state index in [1.807, 2.05) is 22.8 Å². The van der Waals surface area contributed by atoms with Gasteiger partial charge < -0.3 is 4.57 Å². The summed E-state index contributed by atoms with van der Waals surface area (Å²) in [5.41, 5.74) is 1.22. The molecule has 0 saturated carbocycles. The van der Waals surface area contributed by atoms with Crippen molar-refractivity contribution in [3.63, 3.8) is 0 Å². The molecule has 1 saturated heterocycles. The molecule has 23 heavy (non-hydrogen) atoms. The van der Waals surface area contributed by atoms with Crippen LogP contribution >= 0.6 is 11.8 Å². The lowest BCUT2D eigenvalue weighted by Crippen LogP contribution is -2.11. The third kappa shape index (κ3) is 3.84. The molecule has 1 atom stereocenters. The van der Waals surface area contributed by atoms with Crippen LogP contribution in [0.4, 0.5) is 0 Å². The lowest BCUT2D eigenvalue weighted by molar-refractivity contribution is 0.597. The van der Waals surface area contributed by atoms with Crippen LogP contribution in [0, 0.1) is 0 Å². The maximum absolute atomic E-state index is 11.7. The van der Waals surface area contributed by atoms with Gasteiger partial charge >= 0.3 is 0 Å². The van der Waals surface area contributed by atoms with Crippen molar-refractivity contribution in [1.29, 1.82) is 0 Å². The molecule has 122 valence electrons. The third-order valence-electron chi connectivity index (χ3n) is 3.87. The maximum atomic E-state index is 11.7. The minimum atomic E-state index is -2.94. The number of thioether (sulfide) groups is 1. The molecule has 1 fully saturated rings. The Morgan fingerprint density at radius 3 is 2.74 bits per heavy atom. The highest BCUT2D eigenvalue weighted by Crippen LogP contribution is 2.31. The first kappa shape index (κ1) is 16.3. The predicted octanol–water partition coefficient (Wildman–Crippen LogP) is 2.66. The number of benzene rings is 1. The molecule has 0 bridgehead atoms. The molecule has 2 heterocycles. The summed E-state index contributed by atoms with van der Waals surface area (Å²) in [6.07, 6.45) is 2.42. The first-order valence-corrected chi connectivity index (χ1v) is 10.3. The van der Waals surface area contributed by atoms with Gasteiger partial charge in [0.1, 0.15) is 5.82 Å². The van der Waals surface area contributed by atoms with Crippen LogP contribution in [0.2, 0.25) is 0 Å². The van der Waals surface area contributed by atoms with Crippen molar-refractivity contribution in [3.8, 4) is 0 Å². The molecule has 1 aromatic heterocycles. The van der Waals surface area contributed by atoms with Crippen LogP contribution in [0.5, 0.6) is 0 Å². The van der Waals surface area contributed by atoms with Crippen LogP contribution in [0.25, 0.3) is 0 Å². The summed E-state index contributed by atoms with van der Waals surface area (Å²) in [6.45, 7) is 4.38. The smallest absolute Gasteiger partial charge is 0.191 e. The van der Waals surface area contributed by atoms with Gasteiger partial charge in [-0.3, -0.25) is 0 Å². The van der Waals surface area contributed by atoms with Crippen molar-refractivity contribution in [1.82, 2.24) is 14.8 Å². The van der Waals surface area contributed by atoms with Gasteiger partial charge in [0.05, 0.1) is 11.5 Å². The van der Waals surface area contributed by atoms with E-state index in [0.717, 1.165) is 16.7 Å². The Balaban J connectivity index is 1.80. The van der Waals surface area contributed by atoms with Crippen molar-refractivity contribution in [2.75, 3.05) is 11.5 Å². The van der Waals surface area contributed by atoms with Gasteiger partial charge in [0.2, 0.25) is 0 Å². The first-order valence-electron chi connectivity index (χ1n) is 7.50. The largest absolute Gasteiger partial charge is 0.302 e. The number of allylic oxidation sites excluding steroid dienone is 1. The molecule has 1 aliphatic heterocycles. The molecule has 5 nitrogen and oxygen atoms in total. The molecule has 0 unspecified atom stereocenters. The Morgan fingerprint density at radius 2 is 2.09 bits per heavy atom. The van der Waals surface area contributed by atoms with Gasteiger partial charge in [-0.15, -0.1) is 16.8 Å². The Morgan fingerprint density at radius 1 is 1.30 bits per heavy atom. The highest BCUT2D eigenvalue weighted by atomic mass is 32.2. The van der Waals surface area contributed by atoms with Crippen LogP contribution in [-0.2, 0) is 22.1 Å². The first-order chi connectivity index (χ1) is 11.1. The molecule has 0 radical (unpaired) electrons. The summed E-state index contributed by atoms with van der Waals surface area (Å²) in [6, 6.07) is 10.2. The normalized spacial score (nSPS) is 19.7. The third-order valence-corrected chi connectivity index (χ3v) is 6.67. The molecule has 3 rings (SSSR count). The number of aromatic nitrogens is 3. The zero-order valence-electron chi connectivity index (χ0n) is 12.8. The van der Waals surface area contributed by atoms with Gasteiger partial charge in [-0.1, -0.05) is 48.2 Å². The molecule has 7 heteroatoms. The molecular weight excluding hydrogens is 330 g/mol. The van der Waals surface area contributed by atoms with Gasteiger partial charge in [0.25, 0.3) is 0 Å². The van der Waals surface area contributed by atoms with Crippen molar-refractivity contribution in [3.05, 3.63) is 54.4 Å². The zero-order valence-corrected chi connectivity index (χ0v) is 14.4. The van der Waals surface area contributed by atoms with E-state index < -0.39 is 9.84 Å². The van der Waals surface area contributed by atoms with Gasteiger partial charge in [0, 0.05) is 18.2 Å². The lowest BCUT2D eigenvalue weighted by Gasteiger charge is -2.11. The maximum Gasteiger partial charge on any atom is 0.191 e. The van der Waals surface area contributed by atoms with Gasteiger partial charge in [-0.05, 0) is 12.0 Å². The van der Waals surface area contributed by atoms with Crippen molar-refractivity contribution in [2.24, 2.45) is 0 Å². The monoisotopic (exact) mass is 349 g/mol. The minimum Gasteiger partial charge on any atom is -0.302 e. The predicted molar refractivity (Wildman–Crippen MR) is 92.2 cm³/mol. The fourth-order valence-corrected chi connectivity index (χ4v) is 5.38. The Labute approximate surface area is 140 Å². The summed E-state index contributed by atoms with van der Waals surface area (Å²) >= 11 is 1.61. The molecule has 0 N–H and O–H groups in total. The fourth-order valence-electron chi connectivity index (χ4n) is 2.73. The van der Waals surface area contributed by atoms with Gasteiger partial charge in [-0.2, -0.15) is 0 Å². The number of hydrogen-bond donors (Lipinski definition) is 0. The Bertz CT molecular complexity index is 785. The van der Waals surface area contributed by atoms with E-state index in [-0.39, 0.29) is 17.4 Å². The Hall–Kier alpha value is -1.60. The van der Waals surface area contributed by atoms with Crippen molar-refractivity contribution in [2.45, 2.75) is 29.8 Å². The topological polar surface area (TPSA) is 64.8 Å². The van der Waals surface area contributed by atoms with E-state index in [2.05, 4.69) is 28.9 Å². The highest BCUT2D eigenvalue weighted by Gasteiger charge is 2.33. The number of rotatable bonds is 6. The van der Waals surface area contributed by atoms with Crippen LogP contribution < -0.4 is 0 Å². The summed E-state index contributed by atoms with van der Waals surface area (Å²) < 4.78 is 25.4. The summed E-state index contributed by atoms with van der Waals surface area (Å²) in [4.78, 5) is 0. The van der Waals surface area contributed by atoms with Gasteiger partial charge in [0.15, 0.2) is 15.0 Å². The summed E-state index contributed by atoms with van der Waals surface area (Å²) in [5.74, 6) is 1.93. The molecule has 0 amide bonds. The van der Waals surface area contributed by atoms with Crippen molar-refractivity contribution >= 4 is 21.6 Å². The quantitative estimate of drug-likeness (QED) is 0.592. The zero-order chi connectivity index (χ0) is 16.3. The van der Waals surface area contributed by atoms with E-state index in [1.165, 1.54) is 5.56 Å². The van der Waals surface area contributed by atoms with Crippen LogP contribution in [0.3, 0.4) is 0 Å². The average Bonchev–Trinajstić information content (AvgIpc) is 3.10. The molecule has 2 aromatic rings. The molecule has 0 aliphatic carbocycles. The lowest BCUT2D eigenvalue weighted by atomic mass is 10.1. The molecular formula is C16H19N3O2S2. The number of sulfone groups is 1. The second kappa shape index (κ2) is 6.88. The fraction of sp³-hybridized carbons (Fsp3) is 0.375. The number of hydrogen-bond acceptors (Lipinski definition) is 5. The van der Waals surface area contributed by atoms with Crippen molar-refractivity contribution < 1.29 is 8.42 Å². The standard InChI is InChI=1S/C16H19N3O2S2/c1-2-9-19-15(14-8-10-23(20,21)12-14)17-18-16(19)22-11-13-6-4-3-5-7-13/h2-7,14H,1,8-12H2/t14-/m0/s1. The molecule has 0 spiro atoms. The van der Waals surface area contributed by atoms with E-state index in [0.29, 0.717) is 13.0 Å². The van der Waals surface area contributed by atoms with E-state index >= 15 is 0 Å². The van der Waals surface area contributed by atoms with Gasteiger partial charge in [-0.25, -0.2) is 8.42 Å². The highest BCUT2D eigenvalue weighted by molar-refractivity contribution is 7.98. The second-order valence-corrected chi connectivity index (χ2v) is 8.79. The summed E-state index contributed by atoms with van der Waals surface area (Å²) in [5, 5.41) is 9.36. The van der Waals surface area contributed by atoms with E-state index in [9.17, 15) is 8.42 Å². The van der Waals surface area contributed by atoms with E-state index in [1.54, 1.807) is 17.8 Å². The summed E-state index contributed by atoms with van der Waals surface area (Å²) in [7, 11) is -2.94. The van der Waals surface area contributed by atoms with Crippen LogP contribution in [-0.4, -0.2) is 34.7 Å². The second-order valence-electron chi connectivity index (χ2n) is 5.61. The van der Waals surface area contributed by atoms with E-state index in [4.69, 9.17) is 0 Å².